The molecule has 1 heterocycles. The molecule has 1 aromatic rings. The SMILES string of the molecule is CC(C)(C)OC(=O)N1Cc2cc(NC(=O)[C@@H](N)C(C3CC3)C3CC3)ccc2C(C(=O)NCC(F)(F)F)C1. The third kappa shape index (κ3) is 7.15. The number of amides is 3. The second-order valence-electron chi connectivity index (χ2n) is 11.4. The molecule has 2 saturated carbocycles. The Morgan fingerprint density at radius 1 is 1.11 bits per heavy atom. The molecule has 37 heavy (non-hydrogen) atoms. The highest BCUT2D eigenvalue weighted by atomic mass is 19.4. The first-order valence-corrected chi connectivity index (χ1v) is 12.7. The first-order valence-electron chi connectivity index (χ1n) is 12.7. The zero-order chi connectivity index (χ0) is 27.1. The van der Waals surface area contributed by atoms with E-state index >= 15 is 0 Å². The Morgan fingerprint density at radius 2 is 1.73 bits per heavy atom. The number of halogens is 3. The summed E-state index contributed by atoms with van der Waals surface area (Å²) >= 11 is 0. The lowest BCUT2D eigenvalue weighted by Gasteiger charge is -2.35. The van der Waals surface area contributed by atoms with Gasteiger partial charge in [0.1, 0.15) is 12.1 Å². The van der Waals surface area contributed by atoms with Crippen LogP contribution in [-0.2, 0) is 20.9 Å². The van der Waals surface area contributed by atoms with Crippen LogP contribution in [0.25, 0.3) is 0 Å². The predicted molar refractivity (Wildman–Crippen MR) is 130 cm³/mol. The topological polar surface area (TPSA) is 114 Å². The third-order valence-electron chi connectivity index (χ3n) is 7.03. The summed E-state index contributed by atoms with van der Waals surface area (Å²) in [5.41, 5.74) is 7.04. The Morgan fingerprint density at radius 3 is 2.27 bits per heavy atom. The number of alkyl halides is 3. The highest BCUT2D eigenvalue weighted by molar-refractivity contribution is 5.95. The van der Waals surface area contributed by atoms with Crippen LogP contribution in [0.15, 0.2) is 18.2 Å². The first kappa shape index (κ1) is 27.2. The molecule has 0 bridgehead atoms. The summed E-state index contributed by atoms with van der Waals surface area (Å²) in [5.74, 6) is -1.00. The van der Waals surface area contributed by atoms with Crippen molar-refractivity contribution in [2.24, 2.45) is 23.5 Å². The molecule has 1 aromatic carbocycles. The zero-order valence-corrected chi connectivity index (χ0v) is 21.4. The van der Waals surface area contributed by atoms with E-state index in [1.165, 1.54) is 4.90 Å². The molecule has 3 amide bonds. The van der Waals surface area contributed by atoms with Crippen LogP contribution in [-0.4, -0.2) is 53.7 Å². The molecule has 2 fully saturated rings. The summed E-state index contributed by atoms with van der Waals surface area (Å²) in [6.45, 7) is 3.57. The Hall–Kier alpha value is -2.82. The largest absolute Gasteiger partial charge is 0.444 e. The van der Waals surface area contributed by atoms with Crippen molar-refractivity contribution in [2.45, 2.75) is 76.7 Å². The van der Waals surface area contributed by atoms with E-state index in [1.54, 1.807) is 39.0 Å². The molecule has 0 spiro atoms. The van der Waals surface area contributed by atoms with Gasteiger partial charge in [-0.25, -0.2) is 4.79 Å². The van der Waals surface area contributed by atoms with Crippen LogP contribution >= 0.6 is 0 Å². The Balaban J connectivity index is 1.53. The molecule has 3 aliphatic rings. The van der Waals surface area contributed by atoms with E-state index in [1.807, 2.05) is 5.32 Å². The predicted octanol–water partition coefficient (Wildman–Crippen LogP) is 3.90. The summed E-state index contributed by atoms with van der Waals surface area (Å²) in [6, 6.07) is 4.24. The second-order valence-corrected chi connectivity index (χ2v) is 11.4. The summed E-state index contributed by atoms with van der Waals surface area (Å²) in [5, 5.41) is 4.78. The number of ether oxygens (including phenoxy) is 1. The zero-order valence-electron chi connectivity index (χ0n) is 21.4. The fourth-order valence-electron chi connectivity index (χ4n) is 5.08. The highest BCUT2D eigenvalue weighted by Crippen LogP contribution is 2.50. The molecule has 0 radical (unpaired) electrons. The molecule has 4 N–H and O–H groups in total. The van der Waals surface area contributed by atoms with Gasteiger partial charge in [-0.1, -0.05) is 6.07 Å². The van der Waals surface area contributed by atoms with Crippen molar-refractivity contribution in [3.63, 3.8) is 0 Å². The van der Waals surface area contributed by atoms with E-state index in [0.29, 0.717) is 28.7 Å². The van der Waals surface area contributed by atoms with Gasteiger partial charge in [0.2, 0.25) is 11.8 Å². The van der Waals surface area contributed by atoms with Crippen LogP contribution in [0.3, 0.4) is 0 Å². The third-order valence-corrected chi connectivity index (χ3v) is 7.03. The van der Waals surface area contributed by atoms with Gasteiger partial charge in [0.05, 0.1) is 12.0 Å². The molecule has 11 heteroatoms. The van der Waals surface area contributed by atoms with Crippen molar-refractivity contribution in [1.29, 1.82) is 0 Å². The van der Waals surface area contributed by atoms with Crippen molar-refractivity contribution in [2.75, 3.05) is 18.4 Å². The van der Waals surface area contributed by atoms with Gasteiger partial charge in [0.25, 0.3) is 0 Å². The molecule has 2 atom stereocenters. The number of benzene rings is 1. The molecular weight excluding hydrogens is 489 g/mol. The molecule has 1 unspecified atom stereocenters. The number of hydrogen-bond donors (Lipinski definition) is 3. The number of nitrogens with one attached hydrogen (secondary N) is 2. The molecule has 0 aromatic heterocycles. The van der Waals surface area contributed by atoms with Crippen molar-refractivity contribution in [3.8, 4) is 0 Å². The van der Waals surface area contributed by atoms with Crippen molar-refractivity contribution >= 4 is 23.6 Å². The van der Waals surface area contributed by atoms with Gasteiger partial charge >= 0.3 is 12.3 Å². The Kier molecular flexibility index (Phi) is 7.47. The Labute approximate surface area is 214 Å². The fourth-order valence-corrected chi connectivity index (χ4v) is 5.08. The minimum absolute atomic E-state index is 0.0792. The lowest BCUT2D eigenvalue weighted by Crippen LogP contribution is -2.46. The number of rotatable bonds is 7. The van der Waals surface area contributed by atoms with Gasteiger partial charge in [-0.15, -0.1) is 0 Å². The number of nitrogens with two attached hydrogens (primary N) is 1. The van der Waals surface area contributed by atoms with Gasteiger partial charge in [-0.2, -0.15) is 13.2 Å². The number of anilines is 1. The first-order chi connectivity index (χ1) is 17.2. The quantitative estimate of drug-likeness (QED) is 0.501. The minimum Gasteiger partial charge on any atom is -0.444 e. The maximum atomic E-state index is 13.0. The van der Waals surface area contributed by atoms with Crippen LogP contribution < -0.4 is 16.4 Å². The minimum atomic E-state index is -4.57. The average Bonchev–Trinajstić information content (AvgIpc) is 3.70. The van der Waals surface area contributed by atoms with Crippen molar-refractivity contribution in [1.82, 2.24) is 10.2 Å². The highest BCUT2D eigenvalue weighted by Gasteiger charge is 2.46. The summed E-state index contributed by atoms with van der Waals surface area (Å²) < 4.78 is 43.6. The number of carbonyl (C=O) groups excluding carboxylic acids is 3. The Bertz CT molecular complexity index is 1040. The van der Waals surface area contributed by atoms with E-state index in [2.05, 4.69) is 5.32 Å². The monoisotopic (exact) mass is 524 g/mol. The average molecular weight is 525 g/mol. The number of nitrogens with zero attached hydrogens (tertiary/aromatic N) is 1. The van der Waals surface area contributed by atoms with Crippen LogP contribution in [0.1, 0.15) is 63.5 Å². The lowest BCUT2D eigenvalue weighted by atomic mass is 9.88. The number of fused-ring (bicyclic) bond motifs is 1. The molecule has 0 saturated heterocycles. The molecule has 4 rings (SSSR count). The smallest absolute Gasteiger partial charge is 0.410 e. The van der Waals surface area contributed by atoms with E-state index in [4.69, 9.17) is 10.5 Å². The second kappa shape index (κ2) is 10.2. The van der Waals surface area contributed by atoms with E-state index in [-0.39, 0.29) is 24.9 Å². The van der Waals surface area contributed by atoms with E-state index in [0.717, 1.165) is 25.7 Å². The van der Waals surface area contributed by atoms with Crippen molar-refractivity contribution < 1.29 is 32.3 Å². The number of hydrogen-bond acceptors (Lipinski definition) is 5. The fraction of sp³-hybridized carbons (Fsp3) is 0.654. The number of carbonyl (C=O) groups is 3. The van der Waals surface area contributed by atoms with Gasteiger partial charge in [0.15, 0.2) is 0 Å². The van der Waals surface area contributed by atoms with Crippen molar-refractivity contribution in [3.05, 3.63) is 29.3 Å². The van der Waals surface area contributed by atoms with Gasteiger partial charge in [-0.3, -0.25) is 9.59 Å². The van der Waals surface area contributed by atoms with Crippen LogP contribution in [0.5, 0.6) is 0 Å². The summed E-state index contributed by atoms with van der Waals surface area (Å²) in [4.78, 5) is 39.8. The standard InChI is InChI=1S/C26H35F3N4O4/c1-25(2,3)37-24(36)33-11-16-10-17(32-23(35)21(30)20(14-4-5-14)15-6-7-15)8-9-18(16)19(12-33)22(34)31-13-26(27,28)29/h8-10,14-15,19-21H,4-7,11-13,30H2,1-3H3,(H,31,34)(H,32,35)/t19?,21-/m0/s1. The van der Waals surface area contributed by atoms with Gasteiger partial charge < -0.3 is 26.0 Å². The molecular formula is C26H35F3N4O4. The van der Waals surface area contributed by atoms with Gasteiger partial charge in [0, 0.05) is 18.8 Å². The molecule has 1 aliphatic heterocycles. The van der Waals surface area contributed by atoms with Crippen LogP contribution in [0.2, 0.25) is 0 Å². The van der Waals surface area contributed by atoms with Crippen LogP contribution in [0, 0.1) is 17.8 Å². The van der Waals surface area contributed by atoms with E-state index < -0.39 is 42.3 Å². The normalized spacial score (nSPS) is 20.8. The molecule has 8 nitrogen and oxygen atoms in total. The van der Waals surface area contributed by atoms with Gasteiger partial charge in [-0.05, 0) is 87.5 Å². The maximum absolute atomic E-state index is 13.0. The van der Waals surface area contributed by atoms with Crippen LogP contribution in [0.4, 0.5) is 23.7 Å². The summed E-state index contributed by atoms with van der Waals surface area (Å²) in [6.07, 6.45) is -0.860. The maximum Gasteiger partial charge on any atom is 0.410 e. The summed E-state index contributed by atoms with van der Waals surface area (Å²) in [7, 11) is 0. The lowest BCUT2D eigenvalue weighted by molar-refractivity contribution is -0.139. The molecule has 204 valence electrons. The molecule has 2 aliphatic carbocycles. The van der Waals surface area contributed by atoms with E-state index in [9.17, 15) is 27.6 Å².